The Hall–Kier alpha value is -1.07. The average molecular weight is 243 g/mol. The summed E-state index contributed by atoms with van der Waals surface area (Å²) in [5.74, 6) is 0.877. The van der Waals surface area contributed by atoms with Gasteiger partial charge in [-0.15, -0.1) is 0 Å². The van der Waals surface area contributed by atoms with Gasteiger partial charge in [-0.2, -0.15) is 4.98 Å². The lowest BCUT2D eigenvalue weighted by Gasteiger charge is -2.30. The highest BCUT2D eigenvalue weighted by atomic mass is 35.5. The lowest BCUT2D eigenvalue weighted by molar-refractivity contribution is 0.549. The molecule has 1 aliphatic rings. The second-order valence-electron chi connectivity index (χ2n) is 3.95. The van der Waals surface area contributed by atoms with Crippen LogP contribution in [0.4, 0.5) is 5.82 Å². The average Bonchev–Trinajstić information content (AvgIpc) is 2.24. The van der Waals surface area contributed by atoms with Crippen molar-refractivity contribution in [3.63, 3.8) is 0 Å². The van der Waals surface area contributed by atoms with E-state index in [-0.39, 0.29) is 10.8 Å². The van der Waals surface area contributed by atoms with Gasteiger partial charge in [0, 0.05) is 25.7 Å². The van der Waals surface area contributed by atoms with Crippen LogP contribution in [0.25, 0.3) is 0 Å². The van der Waals surface area contributed by atoms with Gasteiger partial charge in [0.1, 0.15) is 11.0 Å². The van der Waals surface area contributed by atoms with E-state index in [1.54, 1.807) is 4.57 Å². The number of hydrogen-bond donors (Lipinski definition) is 1. The van der Waals surface area contributed by atoms with E-state index in [1.165, 1.54) is 0 Å². The number of fused-ring (bicyclic) bond motifs is 1. The van der Waals surface area contributed by atoms with E-state index >= 15 is 0 Å². The SMILES string of the molecule is CN1CCCn2c1c(CCN)c(Cl)nc2=O. The summed E-state index contributed by atoms with van der Waals surface area (Å²) in [6.45, 7) is 2.14. The Morgan fingerprint density at radius 1 is 1.50 bits per heavy atom. The summed E-state index contributed by atoms with van der Waals surface area (Å²) >= 11 is 6.00. The zero-order valence-electron chi connectivity index (χ0n) is 9.24. The van der Waals surface area contributed by atoms with E-state index in [4.69, 9.17) is 17.3 Å². The molecule has 0 saturated carbocycles. The third-order valence-electron chi connectivity index (χ3n) is 2.83. The Balaban J connectivity index is 2.64. The van der Waals surface area contributed by atoms with E-state index in [0.29, 0.717) is 19.5 Å². The Labute approximate surface area is 98.8 Å². The zero-order chi connectivity index (χ0) is 11.7. The number of rotatable bonds is 2. The van der Waals surface area contributed by atoms with Gasteiger partial charge in [0.25, 0.3) is 0 Å². The first-order valence-corrected chi connectivity index (χ1v) is 5.73. The maximum absolute atomic E-state index is 11.7. The number of anilines is 1. The zero-order valence-corrected chi connectivity index (χ0v) is 10.00. The van der Waals surface area contributed by atoms with Crippen molar-refractivity contribution < 1.29 is 0 Å². The largest absolute Gasteiger partial charge is 0.361 e. The van der Waals surface area contributed by atoms with Gasteiger partial charge in [-0.3, -0.25) is 4.57 Å². The summed E-state index contributed by atoms with van der Waals surface area (Å²) in [6, 6.07) is 0. The predicted molar refractivity (Wildman–Crippen MR) is 64.2 cm³/mol. The molecule has 88 valence electrons. The van der Waals surface area contributed by atoms with Gasteiger partial charge in [-0.05, 0) is 19.4 Å². The smallest absolute Gasteiger partial charge is 0.350 e. The van der Waals surface area contributed by atoms with E-state index in [1.807, 2.05) is 11.9 Å². The topological polar surface area (TPSA) is 64.2 Å². The molecule has 2 heterocycles. The molecule has 0 amide bonds. The Morgan fingerprint density at radius 3 is 2.94 bits per heavy atom. The van der Waals surface area contributed by atoms with Crippen LogP contribution in [-0.2, 0) is 13.0 Å². The maximum Gasteiger partial charge on any atom is 0.350 e. The van der Waals surface area contributed by atoms with Gasteiger partial charge >= 0.3 is 5.69 Å². The number of hydrogen-bond acceptors (Lipinski definition) is 4. The molecule has 0 saturated heterocycles. The van der Waals surface area contributed by atoms with Gasteiger partial charge in [-0.1, -0.05) is 11.6 Å². The molecule has 0 aliphatic carbocycles. The summed E-state index contributed by atoms with van der Waals surface area (Å²) in [5.41, 5.74) is 6.16. The van der Waals surface area contributed by atoms with Crippen molar-refractivity contribution in [3.05, 3.63) is 21.2 Å². The lowest BCUT2D eigenvalue weighted by Crippen LogP contribution is -2.38. The van der Waals surface area contributed by atoms with Gasteiger partial charge < -0.3 is 10.6 Å². The van der Waals surface area contributed by atoms with Crippen LogP contribution in [0.2, 0.25) is 5.15 Å². The molecular weight excluding hydrogens is 228 g/mol. The maximum atomic E-state index is 11.7. The molecule has 2 N–H and O–H groups in total. The first-order chi connectivity index (χ1) is 7.65. The number of nitrogens with zero attached hydrogens (tertiary/aromatic N) is 3. The van der Waals surface area contributed by atoms with Crippen molar-refractivity contribution in [1.82, 2.24) is 9.55 Å². The number of halogens is 1. The summed E-state index contributed by atoms with van der Waals surface area (Å²) in [6.07, 6.45) is 1.60. The molecule has 6 heteroatoms. The highest BCUT2D eigenvalue weighted by Gasteiger charge is 2.21. The Bertz CT molecular complexity index is 457. The van der Waals surface area contributed by atoms with E-state index in [0.717, 1.165) is 24.3 Å². The molecule has 1 aromatic rings. The molecule has 0 fully saturated rings. The third-order valence-corrected chi connectivity index (χ3v) is 3.14. The quantitative estimate of drug-likeness (QED) is 0.755. The van der Waals surface area contributed by atoms with Crippen LogP contribution in [0.1, 0.15) is 12.0 Å². The van der Waals surface area contributed by atoms with E-state index in [9.17, 15) is 4.79 Å². The second-order valence-corrected chi connectivity index (χ2v) is 4.31. The summed E-state index contributed by atoms with van der Waals surface area (Å²) in [4.78, 5) is 17.6. The van der Waals surface area contributed by atoms with Crippen LogP contribution in [-0.4, -0.2) is 29.7 Å². The number of aromatic nitrogens is 2. The van der Waals surface area contributed by atoms with Crippen molar-refractivity contribution in [2.24, 2.45) is 5.73 Å². The van der Waals surface area contributed by atoms with Gasteiger partial charge in [0.15, 0.2) is 0 Å². The van der Waals surface area contributed by atoms with Crippen LogP contribution in [0.5, 0.6) is 0 Å². The predicted octanol–water partition coefficient (Wildman–Crippen LogP) is 0.238. The van der Waals surface area contributed by atoms with Crippen LogP contribution in [0.3, 0.4) is 0 Å². The molecule has 0 unspecified atom stereocenters. The standard InChI is InChI=1S/C10H15ClN4O/c1-14-5-2-6-15-9(14)7(3-4-12)8(11)13-10(15)16/h2-6,12H2,1H3. The summed E-state index contributed by atoms with van der Waals surface area (Å²) in [5, 5.41) is 0.287. The van der Waals surface area contributed by atoms with Gasteiger partial charge in [0.2, 0.25) is 0 Å². The van der Waals surface area contributed by atoms with Crippen LogP contribution < -0.4 is 16.3 Å². The summed E-state index contributed by atoms with van der Waals surface area (Å²) < 4.78 is 1.68. The molecule has 1 aliphatic heterocycles. The first-order valence-electron chi connectivity index (χ1n) is 5.35. The monoisotopic (exact) mass is 242 g/mol. The highest BCUT2D eigenvalue weighted by molar-refractivity contribution is 6.30. The minimum absolute atomic E-state index is 0.271. The molecule has 0 bridgehead atoms. The Kier molecular flexibility index (Phi) is 3.16. The van der Waals surface area contributed by atoms with Crippen molar-refractivity contribution in [3.8, 4) is 0 Å². The fourth-order valence-electron chi connectivity index (χ4n) is 2.13. The molecule has 0 spiro atoms. The molecular formula is C10H15ClN4O. The molecule has 0 atom stereocenters. The van der Waals surface area contributed by atoms with Crippen molar-refractivity contribution >= 4 is 17.4 Å². The fourth-order valence-corrected chi connectivity index (χ4v) is 2.38. The minimum atomic E-state index is -0.271. The van der Waals surface area contributed by atoms with E-state index < -0.39 is 0 Å². The van der Waals surface area contributed by atoms with Crippen molar-refractivity contribution in [1.29, 1.82) is 0 Å². The molecule has 0 radical (unpaired) electrons. The van der Waals surface area contributed by atoms with Gasteiger partial charge in [-0.25, -0.2) is 4.79 Å². The molecule has 5 nitrogen and oxygen atoms in total. The van der Waals surface area contributed by atoms with Crippen molar-refractivity contribution in [2.75, 3.05) is 25.0 Å². The van der Waals surface area contributed by atoms with Crippen LogP contribution in [0, 0.1) is 0 Å². The third kappa shape index (κ3) is 1.81. The van der Waals surface area contributed by atoms with Crippen LogP contribution in [0.15, 0.2) is 4.79 Å². The molecule has 2 rings (SSSR count). The van der Waals surface area contributed by atoms with Gasteiger partial charge in [0.05, 0.1) is 0 Å². The van der Waals surface area contributed by atoms with E-state index in [2.05, 4.69) is 4.98 Å². The molecule has 0 aromatic carbocycles. The first kappa shape index (κ1) is 11.4. The molecule has 1 aromatic heterocycles. The van der Waals surface area contributed by atoms with Crippen LogP contribution >= 0.6 is 11.6 Å². The second kappa shape index (κ2) is 4.43. The molecule has 16 heavy (non-hydrogen) atoms. The minimum Gasteiger partial charge on any atom is -0.361 e. The lowest BCUT2D eigenvalue weighted by atomic mass is 10.1. The highest BCUT2D eigenvalue weighted by Crippen LogP contribution is 2.26. The summed E-state index contributed by atoms with van der Waals surface area (Å²) in [7, 11) is 1.96. The normalized spacial score (nSPS) is 15.1. The Morgan fingerprint density at radius 2 is 2.25 bits per heavy atom. The fraction of sp³-hybridized carbons (Fsp3) is 0.600. The number of nitrogens with two attached hydrogens (primary N) is 1. The van der Waals surface area contributed by atoms with Crippen molar-refractivity contribution in [2.45, 2.75) is 19.4 Å².